The number of amides is 1. The number of rotatable bonds is 4. The van der Waals surface area contributed by atoms with Crippen molar-refractivity contribution in [2.24, 2.45) is 0 Å². The number of ether oxygens (including phenoxy) is 1. The summed E-state index contributed by atoms with van der Waals surface area (Å²) in [5.74, 6) is 0. The van der Waals surface area contributed by atoms with Crippen LogP contribution in [0.15, 0.2) is 42.5 Å². The van der Waals surface area contributed by atoms with Gasteiger partial charge < -0.3 is 10.1 Å². The molecule has 0 saturated heterocycles. The molecule has 134 valence electrons. The minimum atomic E-state index is -0.556. The summed E-state index contributed by atoms with van der Waals surface area (Å²) in [6.45, 7) is 7.47. The van der Waals surface area contributed by atoms with Crippen LogP contribution in [0.3, 0.4) is 0 Å². The molecule has 0 aliphatic heterocycles. The van der Waals surface area contributed by atoms with Crippen molar-refractivity contribution in [3.05, 3.63) is 58.1 Å². The molecule has 2 rings (SSSR count). The summed E-state index contributed by atoms with van der Waals surface area (Å²) in [4.78, 5) is 12.0. The number of benzene rings is 2. The highest BCUT2D eigenvalue weighted by Crippen LogP contribution is 2.30. The molecule has 0 fully saturated rings. The second-order valence-electron chi connectivity index (χ2n) is 6.71. The topological polar surface area (TPSA) is 50.4 Å². The molecule has 0 saturated carbocycles. The average Bonchev–Trinajstić information content (AvgIpc) is 2.50. The molecule has 0 aromatic heterocycles. The lowest BCUT2D eigenvalue weighted by molar-refractivity contribution is 0.0636. The van der Waals surface area contributed by atoms with Crippen LogP contribution >= 0.6 is 23.2 Å². The van der Waals surface area contributed by atoms with E-state index in [1.807, 2.05) is 64.1 Å². The molecule has 0 spiro atoms. The third kappa shape index (κ3) is 5.83. The van der Waals surface area contributed by atoms with Gasteiger partial charge in [0.25, 0.3) is 0 Å². The van der Waals surface area contributed by atoms with Crippen LogP contribution in [-0.4, -0.2) is 11.7 Å². The van der Waals surface area contributed by atoms with Crippen LogP contribution in [0.4, 0.5) is 16.2 Å². The first-order valence-electron chi connectivity index (χ1n) is 7.96. The number of para-hydroxylation sites is 2. The third-order valence-electron chi connectivity index (χ3n) is 3.38. The molecule has 25 heavy (non-hydrogen) atoms. The summed E-state index contributed by atoms with van der Waals surface area (Å²) in [6.07, 6.45) is -0.496. The van der Waals surface area contributed by atoms with Gasteiger partial charge in [0, 0.05) is 6.04 Å². The van der Waals surface area contributed by atoms with Crippen LogP contribution in [-0.2, 0) is 4.74 Å². The van der Waals surface area contributed by atoms with Gasteiger partial charge in [0.15, 0.2) is 0 Å². The number of nitrogens with one attached hydrogen (secondary N) is 2. The van der Waals surface area contributed by atoms with Gasteiger partial charge in [0.1, 0.15) is 5.60 Å². The maximum Gasteiger partial charge on any atom is 0.412 e. The second-order valence-corrected chi connectivity index (χ2v) is 7.53. The van der Waals surface area contributed by atoms with Crippen LogP contribution in [0.5, 0.6) is 0 Å². The predicted octanol–water partition coefficient (Wildman–Crippen LogP) is 6.51. The van der Waals surface area contributed by atoms with Gasteiger partial charge in [-0.3, -0.25) is 5.32 Å². The Balaban J connectivity index is 2.14. The van der Waals surface area contributed by atoms with E-state index in [4.69, 9.17) is 27.9 Å². The van der Waals surface area contributed by atoms with E-state index >= 15 is 0 Å². The molecular formula is C19H22Cl2N2O2. The van der Waals surface area contributed by atoms with E-state index in [0.29, 0.717) is 15.7 Å². The fourth-order valence-corrected chi connectivity index (χ4v) is 2.54. The molecule has 4 nitrogen and oxygen atoms in total. The van der Waals surface area contributed by atoms with Gasteiger partial charge in [0.05, 0.1) is 21.4 Å². The monoisotopic (exact) mass is 380 g/mol. The molecule has 0 radical (unpaired) electrons. The predicted molar refractivity (Wildman–Crippen MR) is 105 cm³/mol. The Labute approximate surface area is 158 Å². The van der Waals surface area contributed by atoms with E-state index in [1.165, 1.54) is 0 Å². The Morgan fingerprint density at radius 1 is 1.04 bits per heavy atom. The Morgan fingerprint density at radius 3 is 2.28 bits per heavy atom. The Hall–Kier alpha value is -1.91. The summed E-state index contributed by atoms with van der Waals surface area (Å²) in [7, 11) is 0. The number of carbonyl (C=O) groups is 1. The summed E-state index contributed by atoms with van der Waals surface area (Å²) < 4.78 is 5.31. The molecule has 1 unspecified atom stereocenters. The van der Waals surface area contributed by atoms with Crippen LogP contribution < -0.4 is 10.6 Å². The average molecular weight is 381 g/mol. The summed E-state index contributed by atoms with van der Waals surface area (Å²) >= 11 is 12.1. The highest BCUT2D eigenvalue weighted by atomic mass is 35.5. The number of halogens is 2. The lowest BCUT2D eigenvalue weighted by Crippen LogP contribution is -2.27. The lowest BCUT2D eigenvalue weighted by Gasteiger charge is -2.22. The van der Waals surface area contributed by atoms with E-state index in [9.17, 15) is 4.79 Å². The van der Waals surface area contributed by atoms with Gasteiger partial charge in [-0.1, -0.05) is 41.4 Å². The van der Waals surface area contributed by atoms with E-state index in [1.54, 1.807) is 6.07 Å². The van der Waals surface area contributed by atoms with Gasteiger partial charge in [0.2, 0.25) is 0 Å². The zero-order chi connectivity index (χ0) is 18.6. The lowest BCUT2D eigenvalue weighted by atomic mass is 10.1. The molecule has 2 aromatic rings. The zero-order valence-corrected chi connectivity index (χ0v) is 16.2. The molecule has 2 N–H and O–H groups in total. The molecule has 0 bridgehead atoms. The van der Waals surface area contributed by atoms with Gasteiger partial charge in [-0.15, -0.1) is 0 Å². The quantitative estimate of drug-likeness (QED) is 0.634. The van der Waals surface area contributed by atoms with Crippen LogP contribution in [0.1, 0.15) is 39.3 Å². The summed E-state index contributed by atoms with van der Waals surface area (Å²) in [5, 5.41) is 7.17. The smallest absolute Gasteiger partial charge is 0.412 e. The minimum Gasteiger partial charge on any atom is -0.444 e. The first kappa shape index (κ1) is 19.4. The first-order chi connectivity index (χ1) is 11.7. The van der Waals surface area contributed by atoms with Crippen molar-refractivity contribution >= 4 is 40.7 Å². The minimum absolute atomic E-state index is 0.0312. The van der Waals surface area contributed by atoms with Gasteiger partial charge in [-0.05, 0) is 57.5 Å². The second kappa shape index (κ2) is 7.98. The molecule has 1 atom stereocenters. The molecule has 0 heterocycles. The Morgan fingerprint density at radius 2 is 1.68 bits per heavy atom. The van der Waals surface area contributed by atoms with Crippen molar-refractivity contribution in [2.75, 3.05) is 10.6 Å². The van der Waals surface area contributed by atoms with Gasteiger partial charge >= 0.3 is 6.09 Å². The van der Waals surface area contributed by atoms with E-state index in [0.717, 1.165) is 11.3 Å². The first-order valence-corrected chi connectivity index (χ1v) is 8.72. The normalized spacial score (nSPS) is 12.4. The zero-order valence-electron chi connectivity index (χ0n) is 14.7. The Kier molecular flexibility index (Phi) is 6.20. The number of hydrogen-bond donors (Lipinski definition) is 2. The molecular weight excluding hydrogens is 359 g/mol. The van der Waals surface area contributed by atoms with E-state index in [-0.39, 0.29) is 6.04 Å². The number of hydrogen-bond acceptors (Lipinski definition) is 3. The van der Waals surface area contributed by atoms with Crippen LogP contribution in [0.25, 0.3) is 0 Å². The third-order valence-corrected chi connectivity index (χ3v) is 4.12. The number of carbonyl (C=O) groups excluding carboxylic acids is 1. The molecule has 6 heteroatoms. The molecule has 2 aromatic carbocycles. The van der Waals surface area contributed by atoms with Crippen molar-refractivity contribution in [1.29, 1.82) is 0 Å². The van der Waals surface area contributed by atoms with E-state index in [2.05, 4.69) is 10.6 Å². The highest BCUT2D eigenvalue weighted by molar-refractivity contribution is 6.42. The highest BCUT2D eigenvalue weighted by Gasteiger charge is 2.17. The van der Waals surface area contributed by atoms with E-state index < -0.39 is 11.7 Å². The maximum atomic E-state index is 12.0. The summed E-state index contributed by atoms with van der Waals surface area (Å²) in [5.41, 5.74) is 1.86. The fourth-order valence-electron chi connectivity index (χ4n) is 2.23. The van der Waals surface area contributed by atoms with Crippen molar-refractivity contribution in [3.8, 4) is 0 Å². The molecule has 1 amide bonds. The van der Waals surface area contributed by atoms with Crippen LogP contribution in [0.2, 0.25) is 10.0 Å². The van der Waals surface area contributed by atoms with Crippen molar-refractivity contribution in [3.63, 3.8) is 0 Å². The largest absolute Gasteiger partial charge is 0.444 e. The number of anilines is 2. The molecule has 0 aliphatic carbocycles. The van der Waals surface area contributed by atoms with Crippen LogP contribution in [0, 0.1) is 0 Å². The van der Waals surface area contributed by atoms with Gasteiger partial charge in [-0.25, -0.2) is 4.79 Å². The van der Waals surface area contributed by atoms with Crippen molar-refractivity contribution < 1.29 is 9.53 Å². The maximum absolute atomic E-state index is 12.0. The summed E-state index contributed by atoms with van der Waals surface area (Å²) in [6, 6.07) is 12.9. The molecule has 0 aliphatic rings. The van der Waals surface area contributed by atoms with Crippen molar-refractivity contribution in [1.82, 2.24) is 0 Å². The SMILES string of the molecule is CC(Nc1ccccc1NC(=O)OC(C)(C)C)c1ccc(Cl)c(Cl)c1. The van der Waals surface area contributed by atoms with Crippen molar-refractivity contribution in [2.45, 2.75) is 39.3 Å². The standard InChI is InChI=1S/C19H22Cl2N2O2/c1-12(13-9-10-14(20)15(21)11-13)22-16-7-5-6-8-17(16)23-18(24)25-19(2,3)4/h5-12,22H,1-4H3,(H,23,24). The fraction of sp³-hybridized carbons (Fsp3) is 0.316. The Bertz CT molecular complexity index is 757. The van der Waals surface area contributed by atoms with Gasteiger partial charge in [-0.2, -0.15) is 0 Å².